The number of benzene rings is 1. The summed E-state index contributed by atoms with van der Waals surface area (Å²) in [6.45, 7) is 6.82. The standard InChI is InChI=1S/C16H27N3O/c1-13-11-18(3)9-10-19(13)12-16(17-2)14-5-7-15(20-4)8-6-14/h5-8,13,16-17H,9-12H2,1-4H3. The van der Waals surface area contributed by atoms with Gasteiger partial charge in [-0.1, -0.05) is 12.1 Å². The van der Waals surface area contributed by atoms with E-state index in [2.05, 4.69) is 41.2 Å². The first-order valence-electron chi connectivity index (χ1n) is 7.38. The number of hydrogen-bond acceptors (Lipinski definition) is 4. The van der Waals surface area contributed by atoms with Gasteiger partial charge in [-0.05, 0) is 38.7 Å². The molecule has 1 N–H and O–H groups in total. The molecule has 0 spiro atoms. The molecule has 112 valence electrons. The summed E-state index contributed by atoms with van der Waals surface area (Å²) >= 11 is 0. The van der Waals surface area contributed by atoms with Gasteiger partial charge in [0.05, 0.1) is 7.11 Å². The Labute approximate surface area is 122 Å². The van der Waals surface area contributed by atoms with Crippen LogP contribution in [0, 0.1) is 0 Å². The topological polar surface area (TPSA) is 27.7 Å². The lowest BCUT2D eigenvalue weighted by molar-refractivity contribution is 0.0913. The lowest BCUT2D eigenvalue weighted by Gasteiger charge is -2.40. The molecule has 0 bridgehead atoms. The van der Waals surface area contributed by atoms with Crippen molar-refractivity contribution in [1.82, 2.24) is 15.1 Å². The SMILES string of the molecule is CNC(CN1CCN(C)CC1C)c1ccc(OC)cc1. The summed E-state index contributed by atoms with van der Waals surface area (Å²) in [6, 6.07) is 9.36. The first-order valence-corrected chi connectivity index (χ1v) is 7.38. The summed E-state index contributed by atoms with van der Waals surface area (Å²) in [5, 5.41) is 3.44. The third kappa shape index (κ3) is 3.72. The van der Waals surface area contributed by atoms with Gasteiger partial charge in [0, 0.05) is 38.3 Å². The van der Waals surface area contributed by atoms with E-state index in [0.29, 0.717) is 12.1 Å². The fourth-order valence-corrected chi connectivity index (χ4v) is 2.88. The van der Waals surface area contributed by atoms with Crippen molar-refractivity contribution >= 4 is 0 Å². The van der Waals surface area contributed by atoms with Crippen LogP contribution in [-0.4, -0.2) is 63.2 Å². The molecule has 0 radical (unpaired) electrons. The van der Waals surface area contributed by atoms with Crippen LogP contribution in [0.1, 0.15) is 18.5 Å². The summed E-state index contributed by atoms with van der Waals surface area (Å²) in [6.07, 6.45) is 0. The zero-order chi connectivity index (χ0) is 14.5. The van der Waals surface area contributed by atoms with E-state index >= 15 is 0 Å². The van der Waals surface area contributed by atoms with Crippen LogP contribution in [0.4, 0.5) is 0 Å². The minimum atomic E-state index is 0.367. The molecule has 2 atom stereocenters. The monoisotopic (exact) mass is 277 g/mol. The average Bonchev–Trinajstić information content (AvgIpc) is 2.47. The number of likely N-dealkylation sites (N-methyl/N-ethyl adjacent to an activating group) is 2. The van der Waals surface area contributed by atoms with Crippen molar-refractivity contribution in [1.29, 1.82) is 0 Å². The van der Waals surface area contributed by atoms with E-state index in [4.69, 9.17) is 4.74 Å². The van der Waals surface area contributed by atoms with Crippen LogP contribution in [-0.2, 0) is 0 Å². The molecule has 0 aromatic heterocycles. The van der Waals surface area contributed by atoms with Crippen LogP contribution >= 0.6 is 0 Å². The summed E-state index contributed by atoms with van der Waals surface area (Å²) in [5.74, 6) is 0.913. The van der Waals surface area contributed by atoms with E-state index in [-0.39, 0.29) is 0 Å². The van der Waals surface area contributed by atoms with E-state index in [9.17, 15) is 0 Å². The number of ether oxygens (including phenoxy) is 1. The highest BCUT2D eigenvalue weighted by molar-refractivity contribution is 5.29. The van der Waals surface area contributed by atoms with Gasteiger partial charge in [-0.25, -0.2) is 0 Å². The van der Waals surface area contributed by atoms with Crippen LogP contribution in [0.25, 0.3) is 0 Å². The second-order valence-corrected chi connectivity index (χ2v) is 5.72. The van der Waals surface area contributed by atoms with Gasteiger partial charge in [-0.3, -0.25) is 4.90 Å². The normalized spacial score (nSPS) is 22.7. The molecule has 1 aromatic carbocycles. The van der Waals surface area contributed by atoms with Gasteiger partial charge in [-0.2, -0.15) is 0 Å². The largest absolute Gasteiger partial charge is 0.497 e. The average molecular weight is 277 g/mol. The zero-order valence-electron chi connectivity index (χ0n) is 13.1. The fraction of sp³-hybridized carbons (Fsp3) is 0.625. The number of nitrogens with one attached hydrogen (secondary N) is 1. The molecule has 2 rings (SSSR count). The Hall–Kier alpha value is -1.10. The summed E-state index contributed by atoms with van der Waals surface area (Å²) in [7, 11) is 5.94. The van der Waals surface area contributed by atoms with Gasteiger partial charge in [0.15, 0.2) is 0 Å². The van der Waals surface area contributed by atoms with Crippen molar-refractivity contribution in [2.75, 3.05) is 47.4 Å². The first kappa shape index (κ1) is 15.3. The van der Waals surface area contributed by atoms with E-state index in [0.717, 1.165) is 31.9 Å². The molecule has 4 heteroatoms. The molecule has 0 amide bonds. The van der Waals surface area contributed by atoms with Crippen molar-refractivity contribution in [3.05, 3.63) is 29.8 Å². The maximum absolute atomic E-state index is 5.23. The van der Waals surface area contributed by atoms with Gasteiger partial charge >= 0.3 is 0 Å². The van der Waals surface area contributed by atoms with Crippen molar-refractivity contribution in [3.8, 4) is 5.75 Å². The fourth-order valence-electron chi connectivity index (χ4n) is 2.88. The lowest BCUT2D eigenvalue weighted by atomic mass is 10.0. The molecule has 1 aliphatic heterocycles. The van der Waals surface area contributed by atoms with E-state index in [1.54, 1.807) is 7.11 Å². The highest BCUT2D eigenvalue weighted by Gasteiger charge is 2.24. The van der Waals surface area contributed by atoms with Crippen molar-refractivity contribution in [2.45, 2.75) is 19.0 Å². The molecule has 0 saturated carbocycles. The third-order valence-electron chi connectivity index (χ3n) is 4.25. The Morgan fingerprint density at radius 1 is 1.30 bits per heavy atom. The van der Waals surface area contributed by atoms with Gasteiger partial charge in [0.25, 0.3) is 0 Å². The lowest BCUT2D eigenvalue weighted by Crippen LogP contribution is -2.52. The number of methoxy groups -OCH3 is 1. The smallest absolute Gasteiger partial charge is 0.118 e. The minimum Gasteiger partial charge on any atom is -0.497 e. The molecule has 0 aliphatic carbocycles. The second-order valence-electron chi connectivity index (χ2n) is 5.72. The molecule has 1 saturated heterocycles. The highest BCUT2D eigenvalue weighted by atomic mass is 16.5. The molecule has 2 unspecified atom stereocenters. The highest BCUT2D eigenvalue weighted by Crippen LogP contribution is 2.20. The summed E-state index contributed by atoms with van der Waals surface area (Å²) in [4.78, 5) is 4.98. The Balaban J connectivity index is 2.00. The third-order valence-corrected chi connectivity index (χ3v) is 4.25. The van der Waals surface area contributed by atoms with E-state index in [1.165, 1.54) is 5.56 Å². The molecular formula is C16H27N3O. The predicted octanol–water partition coefficient (Wildman–Crippen LogP) is 1.59. The van der Waals surface area contributed by atoms with Gasteiger partial charge < -0.3 is 15.0 Å². The second kappa shape index (κ2) is 7.07. The van der Waals surface area contributed by atoms with Crippen molar-refractivity contribution < 1.29 is 4.74 Å². The predicted molar refractivity (Wildman–Crippen MR) is 83.3 cm³/mol. The van der Waals surface area contributed by atoms with Crippen molar-refractivity contribution in [2.24, 2.45) is 0 Å². The number of piperazine rings is 1. The number of rotatable bonds is 5. The van der Waals surface area contributed by atoms with E-state index in [1.807, 2.05) is 19.2 Å². The van der Waals surface area contributed by atoms with Gasteiger partial charge in [-0.15, -0.1) is 0 Å². The van der Waals surface area contributed by atoms with Crippen LogP contribution in [0.5, 0.6) is 5.75 Å². The van der Waals surface area contributed by atoms with Crippen LogP contribution < -0.4 is 10.1 Å². The molecule has 1 aliphatic rings. The van der Waals surface area contributed by atoms with E-state index < -0.39 is 0 Å². The Kier molecular flexibility index (Phi) is 5.40. The molecule has 4 nitrogen and oxygen atoms in total. The van der Waals surface area contributed by atoms with Crippen molar-refractivity contribution in [3.63, 3.8) is 0 Å². The summed E-state index contributed by atoms with van der Waals surface area (Å²) < 4.78 is 5.23. The molecule has 20 heavy (non-hydrogen) atoms. The number of hydrogen-bond donors (Lipinski definition) is 1. The maximum atomic E-state index is 5.23. The molecule has 1 fully saturated rings. The molecule has 1 heterocycles. The Morgan fingerprint density at radius 2 is 2.00 bits per heavy atom. The Morgan fingerprint density at radius 3 is 2.55 bits per heavy atom. The summed E-state index contributed by atoms with van der Waals surface area (Å²) in [5.41, 5.74) is 1.32. The molecule has 1 aromatic rings. The quantitative estimate of drug-likeness (QED) is 0.884. The Bertz CT molecular complexity index is 407. The zero-order valence-corrected chi connectivity index (χ0v) is 13.1. The van der Waals surface area contributed by atoms with Crippen LogP contribution in [0.2, 0.25) is 0 Å². The van der Waals surface area contributed by atoms with Gasteiger partial charge in [0.1, 0.15) is 5.75 Å². The van der Waals surface area contributed by atoms with Gasteiger partial charge in [0.2, 0.25) is 0 Å². The maximum Gasteiger partial charge on any atom is 0.118 e. The van der Waals surface area contributed by atoms with Crippen LogP contribution in [0.15, 0.2) is 24.3 Å². The number of nitrogens with zero attached hydrogens (tertiary/aromatic N) is 2. The van der Waals surface area contributed by atoms with Crippen LogP contribution in [0.3, 0.4) is 0 Å². The molecular weight excluding hydrogens is 250 g/mol. The first-order chi connectivity index (χ1) is 9.63. The minimum absolute atomic E-state index is 0.367.